The number of nitrogens with one attached hydrogen (secondary N) is 1. The minimum atomic E-state index is -0.445. The van der Waals surface area contributed by atoms with E-state index in [0.29, 0.717) is 16.8 Å². The van der Waals surface area contributed by atoms with Gasteiger partial charge in [0, 0.05) is 23.6 Å². The van der Waals surface area contributed by atoms with Crippen LogP contribution in [-0.2, 0) is 4.74 Å². The van der Waals surface area contributed by atoms with E-state index in [1.165, 1.54) is 7.11 Å². The first-order valence-electron chi connectivity index (χ1n) is 7.69. The van der Waals surface area contributed by atoms with Gasteiger partial charge >= 0.3 is 5.97 Å². The van der Waals surface area contributed by atoms with Gasteiger partial charge in [-0.2, -0.15) is 5.10 Å². The first-order chi connectivity index (χ1) is 12.1. The normalized spacial score (nSPS) is 10.3. The lowest BCUT2D eigenvalue weighted by atomic mass is 10.1. The van der Waals surface area contributed by atoms with Crippen molar-refractivity contribution in [1.82, 2.24) is 9.78 Å². The number of ether oxygens (including phenoxy) is 1. The molecule has 0 aliphatic carbocycles. The highest BCUT2D eigenvalue weighted by Gasteiger charge is 2.12. The highest BCUT2D eigenvalue weighted by atomic mass is 16.5. The van der Waals surface area contributed by atoms with Crippen LogP contribution in [0, 0.1) is 6.92 Å². The zero-order valence-corrected chi connectivity index (χ0v) is 13.9. The van der Waals surface area contributed by atoms with Gasteiger partial charge in [-0.25, -0.2) is 9.48 Å². The smallest absolute Gasteiger partial charge is 0.337 e. The van der Waals surface area contributed by atoms with E-state index in [1.807, 2.05) is 31.3 Å². The maximum Gasteiger partial charge on any atom is 0.337 e. The number of rotatable bonds is 4. The monoisotopic (exact) mass is 335 g/mol. The standard InChI is InChI=1S/C19H17N3O3/c1-13-4-5-15(19(24)25-2)12-17(13)21-18(23)14-6-8-16(9-7-14)22-11-3-10-20-22/h3-12H,1-2H3,(H,21,23). The van der Waals surface area contributed by atoms with Crippen molar-refractivity contribution in [2.45, 2.75) is 6.92 Å². The van der Waals surface area contributed by atoms with Crippen LogP contribution in [0.4, 0.5) is 5.69 Å². The van der Waals surface area contributed by atoms with E-state index < -0.39 is 5.97 Å². The number of hydrogen-bond donors (Lipinski definition) is 1. The lowest BCUT2D eigenvalue weighted by molar-refractivity contribution is 0.0600. The summed E-state index contributed by atoms with van der Waals surface area (Å²) < 4.78 is 6.42. The Morgan fingerprint density at radius 3 is 2.44 bits per heavy atom. The molecule has 3 aromatic rings. The zero-order valence-electron chi connectivity index (χ0n) is 13.9. The lowest BCUT2D eigenvalue weighted by Crippen LogP contribution is -2.14. The molecule has 25 heavy (non-hydrogen) atoms. The summed E-state index contributed by atoms with van der Waals surface area (Å²) in [5.41, 5.74) is 3.19. The Hall–Kier alpha value is -3.41. The predicted molar refractivity (Wildman–Crippen MR) is 94.0 cm³/mol. The van der Waals surface area contributed by atoms with Crippen LogP contribution in [-0.4, -0.2) is 28.8 Å². The van der Waals surface area contributed by atoms with Crippen molar-refractivity contribution >= 4 is 17.6 Å². The van der Waals surface area contributed by atoms with Crippen molar-refractivity contribution < 1.29 is 14.3 Å². The van der Waals surface area contributed by atoms with E-state index >= 15 is 0 Å². The summed E-state index contributed by atoms with van der Waals surface area (Å²) in [6.07, 6.45) is 3.52. The number of hydrogen-bond acceptors (Lipinski definition) is 4. The second-order valence-corrected chi connectivity index (χ2v) is 5.47. The van der Waals surface area contributed by atoms with Crippen LogP contribution in [0.2, 0.25) is 0 Å². The Kier molecular flexibility index (Phi) is 4.61. The summed E-state index contributed by atoms with van der Waals surface area (Å²) in [4.78, 5) is 24.1. The molecule has 0 spiro atoms. The minimum absolute atomic E-state index is 0.253. The van der Waals surface area contributed by atoms with Crippen LogP contribution in [0.25, 0.3) is 5.69 Å². The van der Waals surface area contributed by atoms with E-state index in [0.717, 1.165) is 11.3 Å². The molecule has 0 saturated heterocycles. The summed E-state index contributed by atoms with van der Waals surface area (Å²) >= 11 is 0. The number of aromatic nitrogens is 2. The van der Waals surface area contributed by atoms with E-state index in [2.05, 4.69) is 10.4 Å². The third-order valence-electron chi connectivity index (χ3n) is 3.81. The average Bonchev–Trinajstić information content (AvgIpc) is 3.17. The van der Waals surface area contributed by atoms with Crippen LogP contribution in [0.5, 0.6) is 0 Å². The SMILES string of the molecule is COC(=O)c1ccc(C)c(NC(=O)c2ccc(-n3cccn3)cc2)c1. The summed E-state index contributed by atoms with van der Waals surface area (Å²) in [5.74, 6) is -0.698. The van der Waals surface area contributed by atoms with Gasteiger partial charge in [0.2, 0.25) is 0 Å². The largest absolute Gasteiger partial charge is 0.465 e. The highest BCUT2D eigenvalue weighted by Crippen LogP contribution is 2.19. The number of methoxy groups -OCH3 is 1. The van der Waals surface area contributed by atoms with Gasteiger partial charge in [0.05, 0.1) is 18.4 Å². The number of carbonyl (C=O) groups excluding carboxylic acids is 2. The Morgan fingerprint density at radius 2 is 1.80 bits per heavy atom. The molecule has 0 fully saturated rings. The van der Waals surface area contributed by atoms with Crippen molar-refractivity contribution in [2.24, 2.45) is 0 Å². The minimum Gasteiger partial charge on any atom is -0.465 e. The Bertz CT molecular complexity index is 900. The van der Waals surface area contributed by atoms with Crippen molar-refractivity contribution in [3.05, 3.63) is 77.6 Å². The average molecular weight is 335 g/mol. The second-order valence-electron chi connectivity index (χ2n) is 5.47. The van der Waals surface area contributed by atoms with Crippen molar-refractivity contribution in [3.8, 4) is 5.69 Å². The van der Waals surface area contributed by atoms with E-state index in [4.69, 9.17) is 4.74 Å². The van der Waals surface area contributed by atoms with E-state index in [1.54, 1.807) is 41.2 Å². The maximum atomic E-state index is 12.5. The van der Waals surface area contributed by atoms with Gasteiger partial charge < -0.3 is 10.1 Å². The second kappa shape index (κ2) is 7.00. The Labute approximate surface area is 145 Å². The molecule has 1 aromatic heterocycles. The van der Waals surface area contributed by atoms with Crippen molar-refractivity contribution in [1.29, 1.82) is 0 Å². The van der Waals surface area contributed by atoms with Gasteiger partial charge in [-0.1, -0.05) is 6.07 Å². The van der Waals surface area contributed by atoms with E-state index in [9.17, 15) is 9.59 Å². The molecule has 2 aromatic carbocycles. The molecule has 0 radical (unpaired) electrons. The topological polar surface area (TPSA) is 73.2 Å². The molecule has 6 heteroatoms. The van der Waals surface area contributed by atoms with Gasteiger partial charge in [-0.05, 0) is 55.0 Å². The fraction of sp³-hybridized carbons (Fsp3) is 0.105. The molecule has 3 rings (SSSR count). The zero-order chi connectivity index (χ0) is 17.8. The Morgan fingerprint density at radius 1 is 1.08 bits per heavy atom. The third kappa shape index (κ3) is 3.58. The van der Waals surface area contributed by atoms with Gasteiger partial charge in [-0.15, -0.1) is 0 Å². The summed E-state index contributed by atoms with van der Waals surface area (Å²) in [6, 6.07) is 14.0. The van der Waals surface area contributed by atoms with Gasteiger partial charge in [0.25, 0.3) is 5.91 Å². The van der Waals surface area contributed by atoms with Crippen molar-refractivity contribution in [2.75, 3.05) is 12.4 Å². The molecule has 126 valence electrons. The molecule has 0 saturated carbocycles. The quantitative estimate of drug-likeness (QED) is 0.743. The van der Waals surface area contributed by atoms with Crippen molar-refractivity contribution in [3.63, 3.8) is 0 Å². The molecule has 0 aliphatic heterocycles. The molecule has 0 atom stereocenters. The molecule has 0 bridgehead atoms. The maximum absolute atomic E-state index is 12.5. The molecular weight excluding hydrogens is 318 g/mol. The molecule has 0 unspecified atom stereocenters. The summed E-state index contributed by atoms with van der Waals surface area (Å²) in [6.45, 7) is 1.86. The third-order valence-corrected chi connectivity index (χ3v) is 3.81. The molecular formula is C19H17N3O3. The number of benzene rings is 2. The van der Waals surface area contributed by atoms with Crippen LogP contribution in [0.1, 0.15) is 26.3 Å². The Balaban J connectivity index is 1.79. The number of nitrogens with zero attached hydrogens (tertiary/aromatic N) is 2. The first-order valence-corrected chi connectivity index (χ1v) is 7.69. The van der Waals surface area contributed by atoms with Crippen LogP contribution in [0.3, 0.4) is 0 Å². The van der Waals surface area contributed by atoms with Crippen LogP contribution < -0.4 is 5.32 Å². The number of esters is 1. The molecule has 1 N–H and O–H groups in total. The summed E-state index contributed by atoms with van der Waals surface area (Å²) in [5, 5.41) is 6.98. The number of aryl methyl sites for hydroxylation is 1. The predicted octanol–water partition coefficient (Wildman–Crippen LogP) is 3.22. The molecule has 1 amide bonds. The summed E-state index contributed by atoms with van der Waals surface area (Å²) in [7, 11) is 1.32. The number of amides is 1. The first kappa shape index (κ1) is 16.4. The lowest BCUT2D eigenvalue weighted by Gasteiger charge is -2.10. The fourth-order valence-electron chi connectivity index (χ4n) is 2.38. The van der Waals surface area contributed by atoms with Crippen LogP contribution >= 0.6 is 0 Å². The van der Waals surface area contributed by atoms with Gasteiger partial charge in [0.15, 0.2) is 0 Å². The number of carbonyl (C=O) groups is 2. The number of anilines is 1. The van der Waals surface area contributed by atoms with Gasteiger partial charge in [-0.3, -0.25) is 4.79 Å². The van der Waals surface area contributed by atoms with Crippen LogP contribution in [0.15, 0.2) is 60.9 Å². The fourth-order valence-corrected chi connectivity index (χ4v) is 2.38. The van der Waals surface area contributed by atoms with E-state index in [-0.39, 0.29) is 5.91 Å². The van der Waals surface area contributed by atoms with Gasteiger partial charge in [0.1, 0.15) is 0 Å². The molecule has 0 aliphatic rings. The molecule has 1 heterocycles. The highest BCUT2D eigenvalue weighted by molar-refractivity contribution is 6.05. The molecule has 6 nitrogen and oxygen atoms in total.